The molecule has 1 aliphatic rings. The van der Waals surface area contributed by atoms with Gasteiger partial charge in [-0.25, -0.2) is 13.1 Å². The van der Waals surface area contributed by atoms with E-state index in [1.807, 2.05) is 6.07 Å². The molecule has 21 heavy (non-hydrogen) atoms. The van der Waals surface area contributed by atoms with Crippen LogP contribution in [0.25, 0.3) is 0 Å². The Morgan fingerprint density at radius 3 is 2.52 bits per heavy atom. The van der Waals surface area contributed by atoms with E-state index in [2.05, 4.69) is 4.72 Å². The predicted molar refractivity (Wildman–Crippen MR) is 79.2 cm³/mol. The number of nitriles is 1. The van der Waals surface area contributed by atoms with Crippen LogP contribution in [-0.4, -0.2) is 27.7 Å². The van der Waals surface area contributed by atoms with Gasteiger partial charge in [0.2, 0.25) is 10.0 Å². The molecule has 0 aliphatic heterocycles. The van der Waals surface area contributed by atoms with Gasteiger partial charge in [-0.1, -0.05) is 25.0 Å². The number of rotatable bonds is 7. The Balaban J connectivity index is 1.81. The molecule has 1 aromatic carbocycles. The standard InChI is InChI=1S/C15H20N2O3S/c16-10-9-13-5-7-15(8-6-13)21(18,19)17-11-12-20-14-3-1-2-4-14/h5-8,14,17H,1-4,9,11-12H2. The summed E-state index contributed by atoms with van der Waals surface area (Å²) < 4.78 is 32.3. The number of hydrogen-bond donors (Lipinski definition) is 1. The highest BCUT2D eigenvalue weighted by Gasteiger charge is 2.16. The summed E-state index contributed by atoms with van der Waals surface area (Å²) in [6.07, 6.45) is 5.12. The maximum absolute atomic E-state index is 12.1. The monoisotopic (exact) mass is 308 g/mol. The second-order valence-electron chi connectivity index (χ2n) is 5.15. The van der Waals surface area contributed by atoms with Crippen molar-refractivity contribution in [2.75, 3.05) is 13.2 Å². The van der Waals surface area contributed by atoms with Gasteiger partial charge < -0.3 is 4.74 Å². The molecule has 1 saturated carbocycles. The van der Waals surface area contributed by atoms with Gasteiger partial charge in [-0.3, -0.25) is 0 Å². The van der Waals surface area contributed by atoms with Crippen molar-refractivity contribution < 1.29 is 13.2 Å². The fraction of sp³-hybridized carbons (Fsp3) is 0.533. The molecule has 0 aromatic heterocycles. The largest absolute Gasteiger partial charge is 0.377 e. The van der Waals surface area contributed by atoms with Crippen molar-refractivity contribution in [3.05, 3.63) is 29.8 Å². The van der Waals surface area contributed by atoms with Gasteiger partial charge in [0.1, 0.15) is 0 Å². The molecule has 2 rings (SSSR count). The molecule has 0 heterocycles. The van der Waals surface area contributed by atoms with Crippen molar-refractivity contribution in [1.29, 1.82) is 5.26 Å². The Morgan fingerprint density at radius 1 is 1.24 bits per heavy atom. The average Bonchev–Trinajstić information content (AvgIpc) is 2.98. The number of sulfonamides is 1. The number of hydrogen-bond acceptors (Lipinski definition) is 4. The van der Waals surface area contributed by atoms with Crippen molar-refractivity contribution in [2.24, 2.45) is 0 Å². The van der Waals surface area contributed by atoms with E-state index >= 15 is 0 Å². The lowest BCUT2D eigenvalue weighted by Crippen LogP contribution is -2.28. The minimum atomic E-state index is -3.50. The van der Waals surface area contributed by atoms with Crippen LogP contribution in [0.1, 0.15) is 31.2 Å². The first kappa shape index (κ1) is 16.0. The highest BCUT2D eigenvalue weighted by atomic mass is 32.2. The number of nitrogens with one attached hydrogen (secondary N) is 1. The fourth-order valence-corrected chi connectivity index (χ4v) is 3.43. The third-order valence-corrected chi connectivity index (χ3v) is 5.04. The van der Waals surface area contributed by atoms with Crippen LogP contribution in [0.4, 0.5) is 0 Å². The summed E-state index contributed by atoms with van der Waals surface area (Å²) in [5, 5.41) is 8.59. The smallest absolute Gasteiger partial charge is 0.240 e. The van der Waals surface area contributed by atoms with Gasteiger partial charge in [-0.2, -0.15) is 5.26 Å². The van der Waals surface area contributed by atoms with Gasteiger partial charge in [0.25, 0.3) is 0 Å². The van der Waals surface area contributed by atoms with Gasteiger partial charge in [-0.15, -0.1) is 0 Å². The summed E-state index contributed by atoms with van der Waals surface area (Å²) in [4.78, 5) is 0.213. The zero-order chi connectivity index (χ0) is 15.1. The minimum Gasteiger partial charge on any atom is -0.377 e. The number of ether oxygens (including phenoxy) is 1. The van der Waals surface area contributed by atoms with Gasteiger partial charge in [0.05, 0.1) is 30.1 Å². The number of benzene rings is 1. The molecule has 0 unspecified atom stereocenters. The minimum absolute atomic E-state index is 0.213. The van der Waals surface area contributed by atoms with Crippen molar-refractivity contribution in [3.8, 4) is 6.07 Å². The highest BCUT2D eigenvalue weighted by Crippen LogP contribution is 2.20. The molecule has 0 atom stereocenters. The molecule has 114 valence electrons. The second-order valence-corrected chi connectivity index (χ2v) is 6.92. The zero-order valence-electron chi connectivity index (χ0n) is 11.9. The molecule has 1 aliphatic carbocycles. The van der Waals surface area contributed by atoms with Crippen LogP contribution in [0.15, 0.2) is 29.2 Å². The second kappa shape index (κ2) is 7.55. The van der Waals surface area contributed by atoms with E-state index in [1.54, 1.807) is 12.1 Å². The Morgan fingerprint density at radius 2 is 1.90 bits per heavy atom. The SMILES string of the molecule is N#CCc1ccc(S(=O)(=O)NCCOC2CCCC2)cc1. The maximum Gasteiger partial charge on any atom is 0.240 e. The molecule has 0 amide bonds. The Hall–Kier alpha value is -1.42. The molecule has 0 radical (unpaired) electrons. The maximum atomic E-state index is 12.1. The average molecular weight is 308 g/mol. The number of nitrogens with zero attached hydrogens (tertiary/aromatic N) is 1. The summed E-state index contributed by atoms with van der Waals surface area (Å²) >= 11 is 0. The van der Waals surface area contributed by atoms with Crippen LogP contribution in [0.5, 0.6) is 0 Å². The van der Waals surface area contributed by atoms with E-state index in [4.69, 9.17) is 10.00 Å². The van der Waals surface area contributed by atoms with Crippen LogP contribution in [0.3, 0.4) is 0 Å². The zero-order valence-corrected chi connectivity index (χ0v) is 12.7. The summed E-state index contributed by atoms with van der Waals surface area (Å²) in [7, 11) is -3.50. The van der Waals surface area contributed by atoms with Crippen molar-refractivity contribution in [1.82, 2.24) is 4.72 Å². The van der Waals surface area contributed by atoms with E-state index in [0.717, 1.165) is 18.4 Å². The summed E-state index contributed by atoms with van der Waals surface area (Å²) in [6.45, 7) is 0.676. The molecule has 5 nitrogen and oxygen atoms in total. The van der Waals surface area contributed by atoms with Gasteiger partial charge >= 0.3 is 0 Å². The highest BCUT2D eigenvalue weighted by molar-refractivity contribution is 7.89. The van der Waals surface area contributed by atoms with Crippen molar-refractivity contribution in [2.45, 2.75) is 43.1 Å². The molecule has 1 N–H and O–H groups in total. The van der Waals surface area contributed by atoms with Crippen LogP contribution < -0.4 is 4.72 Å². The summed E-state index contributed by atoms with van der Waals surface area (Å²) in [6, 6.07) is 8.39. The molecule has 0 saturated heterocycles. The van der Waals surface area contributed by atoms with Crippen molar-refractivity contribution in [3.63, 3.8) is 0 Å². The van der Waals surface area contributed by atoms with E-state index in [9.17, 15) is 8.42 Å². The first-order chi connectivity index (χ1) is 10.1. The van der Waals surface area contributed by atoms with Crippen LogP contribution in [0, 0.1) is 11.3 Å². The molecule has 6 heteroatoms. The van der Waals surface area contributed by atoms with E-state index in [-0.39, 0.29) is 17.9 Å². The Labute approximate surface area is 126 Å². The van der Waals surface area contributed by atoms with Gasteiger partial charge in [0, 0.05) is 6.54 Å². The lowest BCUT2D eigenvalue weighted by Gasteiger charge is -2.12. The molecular formula is C15H20N2O3S. The lowest BCUT2D eigenvalue weighted by molar-refractivity contribution is 0.0626. The quantitative estimate of drug-likeness (QED) is 0.781. The summed E-state index contributed by atoms with van der Waals surface area (Å²) in [5.41, 5.74) is 0.806. The fourth-order valence-electron chi connectivity index (χ4n) is 2.42. The first-order valence-electron chi connectivity index (χ1n) is 7.19. The van der Waals surface area contributed by atoms with Gasteiger partial charge in [0.15, 0.2) is 0 Å². The molecule has 0 spiro atoms. The van der Waals surface area contributed by atoms with E-state index in [1.165, 1.54) is 25.0 Å². The molecule has 1 fully saturated rings. The van der Waals surface area contributed by atoms with E-state index in [0.29, 0.717) is 12.7 Å². The van der Waals surface area contributed by atoms with Crippen LogP contribution in [0.2, 0.25) is 0 Å². The predicted octanol–water partition coefficient (Wildman–Crippen LogP) is 1.99. The first-order valence-corrected chi connectivity index (χ1v) is 8.67. The third-order valence-electron chi connectivity index (χ3n) is 3.57. The topological polar surface area (TPSA) is 79.2 Å². The summed E-state index contributed by atoms with van der Waals surface area (Å²) in [5.74, 6) is 0. The molecule has 1 aromatic rings. The molecule has 0 bridgehead atoms. The Kier molecular flexibility index (Phi) is 5.74. The molecular weight excluding hydrogens is 288 g/mol. The third kappa shape index (κ3) is 4.81. The van der Waals surface area contributed by atoms with E-state index < -0.39 is 10.0 Å². The van der Waals surface area contributed by atoms with Crippen LogP contribution >= 0.6 is 0 Å². The van der Waals surface area contributed by atoms with Gasteiger partial charge in [-0.05, 0) is 30.5 Å². The normalized spacial score (nSPS) is 16.0. The van der Waals surface area contributed by atoms with Crippen molar-refractivity contribution >= 4 is 10.0 Å². The van der Waals surface area contributed by atoms with Crippen LogP contribution in [-0.2, 0) is 21.2 Å². The Bertz CT molecular complexity index is 584. The lowest BCUT2D eigenvalue weighted by atomic mass is 10.2.